The van der Waals surface area contributed by atoms with Crippen LogP contribution in [0.15, 0.2) is 4.99 Å². The first-order chi connectivity index (χ1) is 11.2. The number of halogens is 1. The predicted octanol–water partition coefficient (Wildman–Crippen LogP) is 3.10. The van der Waals surface area contributed by atoms with Crippen LogP contribution >= 0.6 is 24.0 Å². The van der Waals surface area contributed by atoms with Crippen molar-refractivity contribution in [2.24, 2.45) is 10.4 Å². The molecule has 0 saturated heterocycles. The first kappa shape index (κ1) is 23.9. The third-order valence-corrected chi connectivity index (χ3v) is 5.06. The zero-order valence-corrected chi connectivity index (χ0v) is 18.5. The number of methoxy groups -OCH3 is 1. The smallest absolute Gasteiger partial charge is 0.191 e. The summed E-state index contributed by atoms with van der Waals surface area (Å²) >= 11 is 0. The van der Waals surface area contributed by atoms with Gasteiger partial charge in [-0.1, -0.05) is 26.7 Å². The highest BCUT2D eigenvalue weighted by molar-refractivity contribution is 14.0. The topological polar surface area (TPSA) is 48.9 Å². The fourth-order valence-corrected chi connectivity index (χ4v) is 3.53. The van der Waals surface area contributed by atoms with Crippen molar-refractivity contribution in [3.63, 3.8) is 0 Å². The molecule has 0 bridgehead atoms. The number of nitrogens with zero attached hydrogens (tertiary/aromatic N) is 2. The van der Waals surface area contributed by atoms with Gasteiger partial charge in [0.1, 0.15) is 0 Å². The zero-order valence-electron chi connectivity index (χ0n) is 16.2. The Morgan fingerprint density at radius 3 is 2.42 bits per heavy atom. The van der Waals surface area contributed by atoms with Crippen LogP contribution in [0.3, 0.4) is 0 Å². The quantitative estimate of drug-likeness (QED) is 0.286. The largest absolute Gasteiger partial charge is 0.385 e. The standard InChI is InChI=1S/C18H38N4O.HI/c1-5-13-22(6-2)14-12-20-17(19-3)21-16-18(11-15-23-4)9-7-8-10-18;/h5-16H2,1-4H3,(H2,19,20,21);1H. The highest BCUT2D eigenvalue weighted by atomic mass is 127. The molecular weight excluding hydrogens is 415 g/mol. The molecule has 0 unspecified atom stereocenters. The van der Waals surface area contributed by atoms with E-state index in [1.807, 2.05) is 7.05 Å². The molecule has 5 nitrogen and oxygen atoms in total. The van der Waals surface area contributed by atoms with E-state index < -0.39 is 0 Å². The van der Waals surface area contributed by atoms with Crippen LogP contribution in [0.2, 0.25) is 0 Å². The molecule has 0 aromatic carbocycles. The highest BCUT2D eigenvalue weighted by Gasteiger charge is 2.33. The van der Waals surface area contributed by atoms with Gasteiger partial charge in [0.25, 0.3) is 0 Å². The highest BCUT2D eigenvalue weighted by Crippen LogP contribution is 2.40. The third-order valence-electron chi connectivity index (χ3n) is 5.06. The molecule has 1 fully saturated rings. The minimum absolute atomic E-state index is 0. The first-order valence-electron chi connectivity index (χ1n) is 9.35. The van der Waals surface area contributed by atoms with E-state index in [2.05, 4.69) is 34.4 Å². The second kappa shape index (κ2) is 14.1. The van der Waals surface area contributed by atoms with E-state index in [0.29, 0.717) is 5.41 Å². The summed E-state index contributed by atoms with van der Waals surface area (Å²) in [5.74, 6) is 0.932. The molecule has 0 radical (unpaired) electrons. The average Bonchev–Trinajstić information content (AvgIpc) is 3.04. The average molecular weight is 454 g/mol. The molecule has 6 heteroatoms. The normalized spacial score (nSPS) is 17.0. The van der Waals surface area contributed by atoms with E-state index in [4.69, 9.17) is 4.74 Å². The van der Waals surface area contributed by atoms with Crippen molar-refractivity contribution >= 4 is 29.9 Å². The number of likely N-dealkylation sites (N-methyl/N-ethyl adjacent to an activating group) is 1. The first-order valence-corrected chi connectivity index (χ1v) is 9.35. The van der Waals surface area contributed by atoms with Crippen LogP contribution in [0.4, 0.5) is 0 Å². The van der Waals surface area contributed by atoms with Gasteiger partial charge in [-0.3, -0.25) is 4.99 Å². The molecule has 0 aromatic heterocycles. The number of aliphatic imine (C=N–C) groups is 1. The molecule has 144 valence electrons. The summed E-state index contributed by atoms with van der Waals surface area (Å²) in [6.45, 7) is 10.6. The Bertz CT molecular complexity index is 333. The van der Waals surface area contributed by atoms with Crippen molar-refractivity contribution in [2.45, 2.75) is 52.4 Å². The van der Waals surface area contributed by atoms with E-state index in [0.717, 1.165) is 45.2 Å². The molecule has 0 heterocycles. The fourth-order valence-electron chi connectivity index (χ4n) is 3.53. The minimum atomic E-state index is 0. The maximum atomic E-state index is 5.31. The van der Waals surface area contributed by atoms with Crippen molar-refractivity contribution in [3.05, 3.63) is 0 Å². The summed E-state index contributed by atoms with van der Waals surface area (Å²) in [6, 6.07) is 0. The lowest BCUT2D eigenvalue weighted by Gasteiger charge is -2.30. The number of guanidine groups is 1. The molecule has 2 N–H and O–H groups in total. The molecule has 1 aliphatic carbocycles. The Labute approximate surface area is 166 Å². The van der Waals surface area contributed by atoms with Crippen LogP contribution in [0.25, 0.3) is 0 Å². The number of rotatable bonds is 11. The summed E-state index contributed by atoms with van der Waals surface area (Å²) in [4.78, 5) is 6.84. The van der Waals surface area contributed by atoms with Gasteiger partial charge in [0.15, 0.2) is 5.96 Å². The molecule has 24 heavy (non-hydrogen) atoms. The van der Waals surface area contributed by atoms with Gasteiger partial charge in [0.2, 0.25) is 0 Å². The van der Waals surface area contributed by atoms with Crippen LogP contribution in [0.1, 0.15) is 52.4 Å². The lowest BCUT2D eigenvalue weighted by molar-refractivity contribution is 0.138. The Hall–Kier alpha value is -0.0800. The lowest BCUT2D eigenvalue weighted by Crippen LogP contribution is -2.45. The van der Waals surface area contributed by atoms with E-state index >= 15 is 0 Å². The summed E-state index contributed by atoms with van der Waals surface area (Å²) in [6.07, 6.45) is 7.66. The second-order valence-corrected chi connectivity index (χ2v) is 6.74. The number of hydrogen-bond acceptors (Lipinski definition) is 3. The SMILES string of the molecule is CCCN(CC)CCNC(=NC)NCC1(CCOC)CCCC1.I. The van der Waals surface area contributed by atoms with Crippen LogP contribution in [-0.4, -0.2) is 64.3 Å². The maximum absolute atomic E-state index is 5.31. The number of hydrogen-bond donors (Lipinski definition) is 2. The Morgan fingerprint density at radius 1 is 1.17 bits per heavy atom. The van der Waals surface area contributed by atoms with E-state index in [-0.39, 0.29) is 24.0 Å². The van der Waals surface area contributed by atoms with Gasteiger partial charge in [0, 0.05) is 40.4 Å². The van der Waals surface area contributed by atoms with Gasteiger partial charge in [-0.25, -0.2) is 0 Å². The van der Waals surface area contributed by atoms with E-state index in [1.54, 1.807) is 7.11 Å². The van der Waals surface area contributed by atoms with Crippen LogP contribution in [0, 0.1) is 5.41 Å². The van der Waals surface area contributed by atoms with Gasteiger partial charge in [0.05, 0.1) is 0 Å². The number of nitrogens with one attached hydrogen (secondary N) is 2. The zero-order chi connectivity index (χ0) is 17.0. The minimum Gasteiger partial charge on any atom is -0.385 e. The van der Waals surface area contributed by atoms with E-state index in [9.17, 15) is 0 Å². The Morgan fingerprint density at radius 2 is 1.88 bits per heavy atom. The van der Waals surface area contributed by atoms with Crippen molar-refractivity contribution in [1.29, 1.82) is 0 Å². The molecule has 0 aromatic rings. The second-order valence-electron chi connectivity index (χ2n) is 6.74. The summed E-state index contributed by atoms with van der Waals surface area (Å²) in [7, 11) is 3.65. The third kappa shape index (κ3) is 8.85. The Kier molecular flexibility index (Phi) is 14.1. The van der Waals surface area contributed by atoms with Crippen molar-refractivity contribution < 1.29 is 4.74 Å². The van der Waals surface area contributed by atoms with Gasteiger partial charge in [-0.15, -0.1) is 24.0 Å². The van der Waals surface area contributed by atoms with Crippen LogP contribution in [-0.2, 0) is 4.74 Å². The van der Waals surface area contributed by atoms with Gasteiger partial charge in [-0.2, -0.15) is 0 Å². The molecule has 1 rings (SSSR count). The Balaban J connectivity index is 0.00000529. The number of ether oxygens (including phenoxy) is 1. The molecule has 1 saturated carbocycles. The van der Waals surface area contributed by atoms with Gasteiger partial charge >= 0.3 is 0 Å². The molecule has 0 amide bonds. The van der Waals surface area contributed by atoms with E-state index in [1.165, 1.54) is 38.6 Å². The predicted molar refractivity (Wildman–Crippen MR) is 115 cm³/mol. The fraction of sp³-hybridized carbons (Fsp3) is 0.944. The maximum Gasteiger partial charge on any atom is 0.191 e. The van der Waals surface area contributed by atoms with Crippen molar-refractivity contribution in [2.75, 3.05) is 53.5 Å². The molecule has 1 aliphatic rings. The van der Waals surface area contributed by atoms with Gasteiger partial charge < -0.3 is 20.3 Å². The molecular formula is C18H39IN4O. The van der Waals surface area contributed by atoms with Gasteiger partial charge in [-0.05, 0) is 44.2 Å². The van der Waals surface area contributed by atoms with Crippen LogP contribution in [0.5, 0.6) is 0 Å². The van der Waals surface area contributed by atoms with Crippen molar-refractivity contribution in [1.82, 2.24) is 15.5 Å². The van der Waals surface area contributed by atoms with Crippen molar-refractivity contribution in [3.8, 4) is 0 Å². The molecule has 0 aliphatic heterocycles. The summed E-state index contributed by atoms with van der Waals surface area (Å²) in [5.41, 5.74) is 0.394. The summed E-state index contributed by atoms with van der Waals surface area (Å²) < 4.78 is 5.31. The molecule has 0 spiro atoms. The molecule has 0 atom stereocenters. The van der Waals surface area contributed by atoms with Crippen LogP contribution < -0.4 is 10.6 Å². The monoisotopic (exact) mass is 454 g/mol. The lowest BCUT2D eigenvalue weighted by atomic mass is 9.83. The summed E-state index contributed by atoms with van der Waals surface area (Å²) in [5, 5.41) is 7.01.